The summed E-state index contributed by atoms with van der Waals surface area (Å²) in [6.07, 6.45) is 7.74. The van der Waals surface area contributed by atoms with Gasteiger partial charge in [0.05, 0.1) is 10.7 Å². The zero-order valence-electron chi connectivity index (χ0n) is 9.91. The quantitative estimate of drug-likeness (QED) is 0.613. The number of rotatable bonds is 5. The Balaban J connectivity index is 1.84. The molecule has 4 heteroatoms. The summed E-state index contributed by atoms with van der Waals surface area (Å²) in [4.78, 5) is 4.50. The molecule has 3 N–H and O–H groups in total. The van der Waals surface area contributed by atoms with Gasteiger partial charge in [0.1, 0.15) is 0 Å². The summed E-state index contributed by atoms with van der Waals surface area (Å²) in [7, 11) is 0. The summed E-state index contributed by atoms with van der Waals surface area (Å²) in [6, 6.07) is 0.393. The second-order valence-electron chi connectivity index (χ2n) is 4.81. The number of hydrogen-bond acceptors (Lipinski definition) is 4. The molecule has 1 unspecified atom stereocenters. The average molecular weight is 239 g/mol. The highest BCUT2D eigenvalue weighted by molar-refractivity contribution is 7.09. The first kappa shape index (κ1) is 12.0. The second-order valence-corrected chi connectivity index (χ2v) is 5.87. The van der Waals surface area contributed by atoms with Gasteiger partial charge in [-0.05, 0) is 19.3 Å². The lowest BCUT2D eigenvalue weighted by molar-refractivity contribution is 0.388. The SMILES string of the molecule is Cc1nc(CC(CC2CCCC2)NN)cs1. The second kappa shape index (κ2) is 5.75. The van der Waals surface area contributed by atoms with Gasteiger partial charge in [-0.15, -0.1) is 11.3 Å². The Hall–Kier alpha value is -0.450. The molecule has 0 radical (unpaired) electrons. The van der Waals surface area contributed by atoms with Gasteiger partial charge in [-0.1, -0.05) is 25.7 Å². The maximum absolute atomic E-state index is 5.63. The fourth-order valence-corrected chi connectivity index (χ4v) is 3.24. The lowest BCUT2D eigenvalue weighted by atomic mass is 9.96. The van der Waals surface area contributed by atoms with Crippen molar-refractivity contribution in [2.24, 2.45) is 11.8 Å². The normalized spacial score (nSPS) is 19.1. The highest BCUT2D eigenvalue weighted by atomic mass is 32.1. The minimum absolute atomic E-state index is 0.393. The number of nitrogens with zero attached hydrogens (tertiary/aromatic N) is 1. The van der Waals surface area contributed by atoms with Crippen LogP contribution in [0.5, 0.6) is 0 Å². The molecule has 3 nitrogen and oxygen atoms in total. The van der Waals surface area contributed by atoms with Crippen molar-refractivity contribution < 1.29 is 0 Å². The largest absolute Gasteiger partial charge is 0.271 e. The van der Waals surface area contributed by atoms with Crippen LogP contribution in [0.2, 0.25) is 0 Å². The van der Waals surface area contributed by atoms with Crippen molar-refractivity contribution in [2.45, 2.75) is 51.5 Å². The first-order chi connectivity index (χ1) is 7.78. The third-order valence-corrected chi connectivity index (χ3v) is 4.27. The van der Waals surface area contributed by atoms with Gasteiger partial charge in [0.15, 0.2) is 0 Å². The van der Waals surface area contributed by atoms with Gasteiger partial charge in [0.2, 0.25) is 0 Å². The molecule has 1 fully saturated rings. The lowest BCUT2D eigenvalue weighted by Crippen LogP contribution is -2.38. The van der Waals surface area contributed by atoms with E-state index in [-0.39, 0.29) is 0 Å². The number of nitrogens with two attached hydrogens (primary N) is 1. The fourth-order valence-electron chi connectivity index (χ4n) is 2.61. The Bertz CT molecular complexity index is 318. The molecule has 0 aromatic carbocycles. The average Bonchev–Trinajstić information content (AvgIpc) is 2.89. The van der Waals surface area contributed by atoms with Crippen molar-refractivity contribution in [3.05, 3.63) is 16.1 Å². The predicted octanol–water partition coefficient (Wildman–Crippen LogP) is 2.41. The van der Waals surface area contributed by atoms with Gasteiger partial charge in [0.25, 0.3) is 0 Å². The van der Waals surface area contributed by atoms with Crippen LogP contribution in [0.3, 0.4) is 0 Å². The Morgan fingerprint density at radius 2 is 2.31 bits per heavy atom. The number of nitrogens with one attached hydrogen (secondary N) is 1. The molecule has 1 heterocycles. The van der Waals surface area contributed by atoms with Crippen LogP contribution in [0.15, 0.2) is 5.38 Å². The smallest absolute Gasteiger partial charge is 0.0897 e. The minimum atomic E-state index is 0.393. The number of hydrazine groups is 1. The van der Waals surface area contributed by atoms with E-state index in [1.807, 2.05) is 0 Å². The molecule has 0 amide bonds. The summed E-state index contributed by atoms with van der Waals surface area (Å²) < 4.78 is 0. The van der Waals surface area contributed by atoms with Gasteiger partial charge < -0.3 is 0 Å². The van der Waals surface area contributed by atoms with E-state index in [9.17, 15) is 0 Å². The molecule has 1 saturated carbocycles. The standard InChI is InChI=1S/C12H21N3S/c1-9-14-12(8-16-9)7-11(15-13)6-10-4-2-3-5-10/h8,10-11,15H,2-7,13H2,1H3. The van der Waals surface area contributed by atoms with E-state index in [4.69, 9.17) is 5.84 Å². The van der Waals surface area contributed by atoms with Crippen LogP contribution in [0, 0.1) is 12.8 Å². The number of aryl methyl sites for hydroxylation is 1. The third kappa shape index (κ3) is 3.27. The molecule has 1 aromatic heterocycles. The van der Waals surface area contributed by atoms with Gasteiger partial charge >= 0.3 is 0 Å². The molecule has 1 aliphatic rings. The molecule has 16 heavy (non-hydrogen) atoms. The van der Waals surface area contributed by atoms with Crippen molar-refractivity contribution in [1.29, 1.82) is 0 Å². The summed E-state index contributed by atoms with van der Waals surface area (Å²) in [6.45, 7) is 2.05. The lowest BCUT2D eigenvalue weighted by Gasteiger charge is -2.18. The molecule has 0 aliphatic heterocycles. The number of thiazole rings is 1. The highest BCUT2D eigenvalue weighted by Gasteiger charge is 2.20. The van der Waals surface area contributed by atoms with E-state index in [0.29, 0.717) is 6.04 Å². The summed E-state index contributed by atoms with van der Waals surface area (Å²) in [5.41, 5.74) is 4.14. The molecule has 1 aromatic rings. The molecular formula is C12H21N3S. The van der Waals surface area contributed by atoms with Crippen molar-refractivity contribution in [3.63, 3.8) is 0 Å². The third-order valence-electron chi connectivity index (χ3n) is 3.45. The molecule has 0 spiro atoms. The first-order valence-electron chi connectivity index (χ1n) is 6.15. The Kier molecular flexibility index (Phi) is 4.32. The zero-order valence-corrected chi connectivity index (χ0v) is 10.7. The van der Waals surface area contributed by atoms with Crippen LogP contribution in [0.4, 0.5) is 0 Å². The number of hydrogen-bond donors (Lipinski definition) is 2. The molecule has 1 aliphatic carbocycles. The van der Waals surface area contributed by atoms with Crippen molar-refractivity contribution in [3.8, 4) is 0 Å². The fraction of sp³-hybridized carbons (Fsp3) is 0.750. The monoisotopic (exact) mass is 239 g/mol. The summed E-state index contributed by atoms with van der Waals surface area (Å²) in [5, 5.41) is 3.29. The topological polar surface area (TPSA) is 50.9 Å². The first-order valence-corrected chi connectivity index (χ1v) is 7.03. The maximum Gasteiger partial charge on any atom is 0.0897 e. The van der Waals surface area contributed by atoms with Gasteiger partial charge in [-0.3, -0.25) is 11.3 Å². The van der Waals surface area contributed by atoms with Gasteiger partial charge in [0, 0.05) is 17.8 Å². The molecule has 0 saturated heterocycles. The minimum Gasteiger partial charge on any atom is -0.271 e. The summed E-state index contributed by atoms with van der Waals surface area (Å²) >= 11 is 1.72. The molecule has 1 atom stereocenters. The van der Waals surface area contributed by atoms with Crippen LogP contribution in [-0.4, -0.2) is 11.0 Å². The van der Waals surface area contributed by atoms with E-state index in [1.54, 1.807) is 11.3 Å². The molecule has 90 valence electrons. The molecular weight excluding hydrogens is 218 g/mol. The van der Waals surface area contributed by atoms with Crippen molar-refractivity contribution >= 4 is 11.3 Å². The summed E-state index contributed by atoms with van der Waals surface area (Å²) in [5.74, 6) is 6.51. The van der Waals surface area contributed by atoms with Gasteiger partial charge in [-0.2, -0.15) is 0 Å². The van der Waals surface area contributed by atoms with Crippen LogP contribution in [0.25, 0.3) is 0 Å². The van der Waals surface area contributed by atoms with Crippen molar-refractivity contribution in [2.75, 3.05) is 0 Å². The Morgan fingerprint density at radius 3 is 2.88 bits per heavy atom. The maximum atomic E-state index is 5.63. The Morgan fingerprint density at radius 1 is 1.56 bits per heavy atom. The predicted molar refractivity (Wildman–Crippen MR) is 68.2 cm³/mol. The van der Waals surface area contributed by atoms with Crippen molar-refractivity contribution in [1.82, 2.24) is 10.4 Å². The Labute approximate surface area is 101 Å². The number of aromatic nitrogens is 1. The van der Waals surface area contributed by atoms with E-state index in [0.717, 1.165) is 17.3 Å². The van der Waals surface area contributed by atoms with E-state index in [1.165, 1.54) is 37.8 Å². The molecule has 0 bridgehead atoms. The van der Waals surface area contributed by atoms with Crippen LogP contribution in [0.1, 0.15) is 42.8 Å². The van der Waals surface area contributed by atoms with Crippen LogP contribution in [-0.2, 0) is 6.42 Å². The zero-order chi connectivity index (χ0) is 11.4. The van der Waals surface area contributed by atoms with E-state index < -0.39 is 0 Å². The van der Waals surface area contributed by atoms with Crippen LogP contribution >= 0.6 is 11.3 Å². The van der Waals surface area contributed by atoms with E-state index in [2.05, 4.69) is 22.7 Å². The molecule has 2 rings (SSSR count). The highest BCUT2D eigenvalue weighted by Crippen LogP contribution is 2.29. The van der Waals surface area contributed by atoms with E-state index >= 15 is 0 Å². The van der Waals surface area contributed by atoms with Gasteiger partial charge in [-0.25, -0.2) is 4.98 Å². The van der Waals surface area contributed by atoms with Crippen LogP contribution < -0.4 is 11.3 Å².